The number of benzene rings is 1. The van der Waals surface area contributed by atoms with Crippen LogP contribution in [0, 0.1) is 12.8 Å². The van der Waals surface area contributed by atoms with Crippen LogP contribution in [0.2, 0.25) is 0 Å². The SMILES string of the molecule is CCOC(=O)CC(NC(=O)[C@H]1CCN[C@@H](C)C1)c1ccccc1C. The van der Waals surface area contributed by atoms with E-state index in [0.717, 1.165) is 30.5 Å². The van der Waals surface area contributed by atoms with Crippen LogP contribution in [-0.2, 0) is 14.3 Å². The van der Waals surface area contributed by atoms with Gasteiger partial charge in [-0.1, -0.05) is 24.3 Å². The highest BCUT2D eigenvalue weighted by atomic mass is 16.5. The molecule has 5 heteroatoms. The van der Waals surface area contributed by atoms with E-state index in [0.29, 0.717) is 12.6 Å². The number of carbonyl (C=O) groups excluding carboxylic acids is 2. The fourth-order valence-electron chi connectivity index (χ4n) is 3.26. The Balaban J connectivity index is 2.11. The van der Waals surface area contributed by atoms with E-state index in [1.54, 1.807) is 6.92 Å². The maximum atomic E-state index is 12.7. The van der Waals surface area contributed by atoms with Gasteiger partial charge in [-0.15, -0.1) is 0 Å². The topological polar surface area (TPSA) is 67.4 Å². The first kappa shape index (κ1) is 18.5. The first-order valence-corrected chi connectivity index (χ1v) is 8.76. The molecular formula is C19H28N2O3. The molecule has 5 nitrogen and oxygen atoms in total. The Morgan fingerprint density at radius 1 is 1.38 bits per heavy atom. The lowest BCUT2D eigenvalue weighted by atomic mass is 9.91. The summed E-state index contributed by atoms with van der Waals surface area (Å²) in [4.78, 5) is 24.7. The quantitative estimate of drug-likeness (QED) is 0.786. The minimum atomic E-state index is -0.344. The number of esters is 1. The molecule has 0 radical (unpaired) electrons. The molecule has 1 aliphatic heterocycles. The number of amides is 1. The molecule has 0 spiro atoms. The molecule has 2 N–H and O–H groups in total. The molecule has 1 amide bonds. The first-order valence-electron chi connectivity index (χ1n) is 8.76. The van der Waals surface area contributed by atoms with Crippen LogP contribution < -0.4 is 10.6 Å². The fraction of sp³-hybridized carbons (Fsp3) is 0.579. The van der Waals surface area contributed by atoms with Crippen LogP contribution in [0.3, 0.4) is 0 Å². The van der Waals surface area contributed by atoms with Crippen LogP contribution in [0.25, 0.3) is 0 Å². The number of hydrogen-bond acceptors (Lipinski definition) is 4. The monoisotopic (exact) mass is 332 g/mol. The third-order valence-electron chi connectivity index (χ3n) is 4.55. The maximum Gasteiger partial charge on any atom is 0.308 e. The summed E-state index contributed by atoms with van der Waals surface area (Å²) in [5.74, 6) is -0.263. The van der Waals surface area contributed by atoms with Gasteiger partial charge in [-0.2, -0.15) is 0 Å². The molecule has 0 aromatic heterocycles. The third kappa shape index (κ3) is 5.06. The molecular weight excluding hydrogens is 304 g/mol. The van der Waals surface area contributed by atoms with Gasteiger partial charge in [-0.05, 0) is 51.3 Å². The molecule has 132 valence electrons. The zero-order chi connectivity index (χ0) is 17.5. The van der Waals surface area contributed by atoms with Gasteiger partial charge in [0.25, 0.3) is 0 Å². The van der Waals surface area contributed by atoms with Gasteiger partial charge in [-0.3, -0.25) is 9.59 Å². The number of hydrogen-bond donors (Lipinski definition) is 2. The van der Waals surface area contributed by atoms with Crippen molar-refractivity contribution in [1.29, 1.82) is 0 Å². The van der Waals surface area contributed by atoms with Crippen molar-refractivity contribution in [1.82, 2.24) is 10.6 Å². The second kappa shape index (κ2) is 8.83. The van der Waals surface area contributed by atoms with E-state index in [-0.39, 0.29) is 30.3 Å². The molecule has 0 bridgehead atoms. The lowest BCUT2D eigenvalue weighted by molar-refractivity contribution is -0.144. The molecule has 1 fully saturated rings. The van der Waals surface area contributed by atoms with Crippen molar-refractivity contribution >= 4 is 11.9 Å². The average Bonchev–Trinajstić information content (AvgIpc) is 2.55. The van der Waals surface area contributed by atoms with Crippen molar-refractivity contribution in [3.63, 3.8) is 0 Å². The number of piperidine rings is 1. The molecule has 24 heavy (non-hydrogen) atoms. The molecule has 2 rings (SSSR count). The van der Waals surface area contributed by atoms with Crippen molar-refractivity contribution in [3.05, 3.63) is 35.4 Å². The van der Waals surface area contributed by atoms with Gasteiger partial charge in [0.2, 0.25) is 5.91 Å². The second-order valence-corrected chi connectivity index (χ2v) is 6.50. The molecule has 1 heterocycles. The van der Waals surface area contributed by atoms with Gasteiger partial charge in [0.05, 0.1) is 19.1 Å². The van der Waals surface area contributed by atoms with E-state index in [2.05, 4.69) is 17.6 Å². The van der Waals surface area contributed by atoms with E-state index < -0.39 is 0 Å². The number of ether oxygens (including phenoxy) is 1. The number of rotatable bonds is 6. The zero-order valence-corrected chi connectivity index (χ0v) is 14.8. The number of nitrogens with one attached hydrogen (secondary N) is 2. The van der Waals surface area contributed by atoms with Crippen LogP contribution in [0.4, 0.5) is 0 Å². The zero-order valence-electron chi connectivity index (χ0n) is 14.8. The summed E-state index contributed by atoms with van der Waals surface area (Å²) in [5, 5.41) is 6.44. The maximum absolute atomic E-state index is 12.7. The second-order valence-electron chi connectivity index (χ2n) is 6.50. The molecule has 1 aliphatic rings. The average molecular weight is 332 g/mol. The Hall–Kier alpha value is -1.88. The van der Waals surface area contributed by atoms with Gasteiger partial charge in [0, 0.05) is 12.0 Å². The molecule has 3 atom stereocenters. The minimum absolute atomic E-state index is 0.00466. The van der Waals surface area contributed by atoms with Crippen LogP contribution in [0.1, 0.15) is 50.3 Å². The van der Waals surface area contributed by atoms with Gasteiger partial charge < -0.3 is 15.4 Å². The summed E-state index contributed by atoms with van der Waals surface area (Å²) < 4.78 is 5.08. The Bertz CT molecular complexity index is 573. The summed E-state index contributed by atoms with van der Waals surface area (Å²) in [6, 6.07) is 7.84. The van der Waals surface area contributed by atoms with Gasteiger partial charge >= 0.3 is 5.97 Å². The Kier molecular flexibility index (Phi) is 6.79. The van der Waals surface area contributed by atoms with Crippen LogP contribution >= 0.6 is 0 Å². The molecule has 0 saturated carbocycles. The summed E-state index contributed by atoms with van der Waals surface area (Å²) in [6.07, 6.45) is 1.81. The van der Waals surface area contributed by atoms with Crippen molar-refractivity contribution in [3.8, 4) is 0 Å². The highest BCUT2D eigenvalue weighted by Gasteiger charge is 2.28. The van der Waals surface area contributed by atoms with Crippen molar-refractivity contribution < 1.29 is 14.3 Å². The van der Waals surface area contributed by atoms with Crippen LogP contribution in [0.15, 0.2) is 24.3 Å². The summed E-state index contributed by atoms with van der Waals surface area (Å²) >= 11 is 0. The van der Waals surface area contributed by atoms with Crippen LogP contribution in [0.5, 0.6) is 0 Å². The van der Waals surface area contributed by atoms with E-state index in [4.69, 9.17) is 4.74 Å². The highest BCUT2D eigenvalue weighted by molar-refractivity contribution is 5.80. The largest absolute Gasteiger partial charge is 0.466 e. The smallest absolute Gasteiger partial charge is 0.308 e. The lowest BCUT2D eigenvalue weighted by Gasteiger charge is -2.29. The lowest BCUT2D eigenvalue weighted by Crippen LogP contribution is -2.43. The van der Waals surface area contributed by atoms with E-state index in [9.17, 15) is 9.59 Å². The van der Waals surface area contributed by atoms with Crippen molar-refractivity contribution in [2.75, 3.05) is 13.2 Å². The molecule has 1 aromatic carbocycles. The van der Waals surface area contributed by atoms with Crippen LogP contribution in [-0.4, -0.2) is 31.1 Å². The highest BCUT2D eigenvalue weighted by Crippen LogP contribution is 2.24. The number of carbonyl (C=O) groups is 2. The van der Waals surface area contributed by atoms with Crippen molar-refractivity contribution in [2.45, 2.75) is 52.1 Å². The molecule has 1 unspecified atom stereocenters. The van der Waals surface area contributed by atoms with E-state index >= 15 is 0 Å². The fourth-order valence-corrected chi connectivity index (χ4v) is 3.26. The van der Waals surface area contributed by atoms with Gasteiger partial charge in [0.1, 0.15) is 0 Å². The van der Waals surface area contributed by atoms with E-state index in [1.165, 1.54) is 0 Å². The predicted molar refractivity (Wildman–Crippen MR) is 93.5 cm³/mol. The Morgan fingerprint density at radius 2 is 2.12 bits per heavy atom. The Morgan fingerprint density at radius 3 is 2.79 bits per heavy atom. The van der Waals surface area contributed by atoms with Gasteiger partial charge in [-0.25, -0.2) is 0 Å². The molecule has 0 aliphatic carbocycles. The number of aryl methyl sites for hydroxylation is 1. The van der Waals surface area contributed by atoms with E-state index in [1.807, 2.05) is 31.2 Å². The molecule has 1 saturated heterocycles. The summed E-state index contributed by atoms with van der Waals surface area (Å²) in [6.45, 7) is 7.07. The predicted octanol–water partition coefficient (Wildman–Crippen LogP) is 2.49. The molecule has 1 aromatic rings. The summed E-state index contributed by atoms with van der Waals surface area (Å²) in [7, 11) is 0. The van der Waals surface area contributed by atoms with Crippen molar-refractivity contribution in [2.24, 2.45) is 5.92 Å². The van der Waals surface area contributed by atoms with Gasteiger partial charge in [0.15, 0.2) is 0 Å². The normalized spacial score (nSPS) is 21.8. The third-order valence-corrected chi connectivity index (χ3v) is 4.55. The Labute approximate surface area is 144 Å². The standard InChI is InChI=1S/C19H28N2O3/c1-4-24-18(22)12-17(16-8-6-5-7-13(16)2)21-19(23)15-9-10-20-14(3)11-15/h5-8,14-15,17,20H,4,9-12H2,1-3H3,(H,21,23)/t14-,15-,17?/m0/s1. The first-order chi connectivity index (χ1) is 11.5. The summed E-state index contributed by atoms with van der Waals surface area (Å²) in [5.41, 5.74) is 2.03. The minimum Gasteiger partial charge on any atom is -0.466 e.